The Morgan fingerprint density at radius 3 is 2.47 bits per heavy atom. The first-order valence-corrected chi connectivity index (χ1v) is 12.8. The van der Waals surface area contributed by atoms with Gasteiger partial charge in [-0.15, -0.1) is 11.3 Å². The molecule has 0 saturated heterocycles. The molecule has 0 radical (unpaired) electrons. The van der Waals surface area contributed by atoms with Gasteiger partial charge in [0.05, 0.1) is 12.7 Å². The van der Waals surface area contributed by atoms with Crippen molar-refractivity contribution in [3.63, 3.8) is 0 Å². The van der Waals surface area contributed by atoms with Crippen LogP contribution in [0.2, 0.25) is 0 Å². The third-order valence-corrected chi connectivity index (χ3v) is 7.85. The molecule has 1 amide bonds. The standard InChI is InChI=1S/C24H31NO3S2/c1-16-10-12-19(13-11-16)22(26)25(17(2)15-29-4)23-20(24(27)28-3)14-21(30-23)18-8-6-5-7-9-18/h5-9,14,16-17,19H,10-13,15H2,1-4H3. The van der Waals surface area contributed by atoms with Gasteiger partial charge in [-0.3, -0.25) is 9.69 Å². The molecule has 0 N–H and O–H groups in total. The first kappa shape index (κ1) is 22.9. The maximum atomic E-state index is 13.7. The minimum absolute atomic E-state index is 0.00229. The largest absolute Gasteiger partial charge is 0.465 e. The van der Waals surface area contributed by atoms with Crippen LogP contribution < -0.4 is 4.90 Å². The Balaban J connectivity index is 2.04. The number of anilines is 1. The second-order valence-electron chi connectivity index (χ2n) is 8.16. The fourth-order valence-corrected chi connectivity index (χ4v) is 5.99. The van der Waals surface area contributed by atoms with Gasteiger partial charge in [0.25, 0.3) is 0 Å². The molecule has 30 heavy (non-hydrogen) atoms. The van der Waals surface area contributed by atoms with Crippen LogP contribution >= 0.6 is 23.1 Å². The van der Waals surface area contributed by atoms with Crippen LogP contribution in [0.3, 0.4) is 0 Å². The summed E-state index contributed by atoms with van der Waals surface area (Å²) in [4.78, 5) is 29.2. The van der Waals surface area contributed by atoms with E-state index in [0.29, 0.717) is 16.5 Å². The number of esters is 1. The van der Waals surface area contributed by atoms with Gasteiger partial charge >= 0.3 is 5.97 Å². The molecule has 162 valence electrons. The van der Waals surface area contributed by atoms with E-state index >= 15 is 0 Å². The van der Waals surface area contributed by atoms with Crippen LogP contribution in [0.4, 0.5) is 5.00 Å². The molecule has 1 saturated carbocycles. The fourth-order valence-electron chi connectivity index (χ4n) is 4.10. The smallest absolute Gasteiger partial charge is 0.340 e. The van der Waals surface area contributed by atoms with E-state index in [1.807, 2.05) is 47.6 Å². The lowest BCUT2D eigenvalue weighted by molar-refractivity contribution is -0.123. The van der Waals surface area contributed by atoms with Gasteiger partial charge in [-0.25, -0.2) is 4.79 Å². The molecule has 0 bridgehead atoms. The average molecular weight is 446 g/mol. The summed E-state index contributed by atoms with van der Waals surface area (Å²) in [5.41, 5.74) is 1.52. The van der Waals surface area contributed by atoms with Crippen molar-refractivity contribution in [2.45, 2.75) is 45.6 Å². The van der Waals surface area contributed by atoms with Crippen LogP contribution in [0.25, 0.3) is 10.4 Å². The van der Waals surface area contributed by atoms with Gasteiger partial charge in [0.15, 0.2) is 0 Å². The fraction of sp³-hybridized carbons (Fsp3) is 0.500. The minimum Gasteiger partial charge on any atom is -0.465 e. The molecule has 6 heteroatoms. The molecular weight excluding hydrogens is 414 g/mol. The van der Waals surface area contributed by atoms with Gasteiger partial charge in [-0.1, -0.05) is 37.3 Å². The van der Waals surface area contributed by atoms with Crippen molar-refractivity contribution < 1.29 is 14.3 Å². The lowest BCUT2D eigenvalue weighted by atomic mass is 9.82. The Kier molecular flexibility index (Phi) is 8.00. The number of methoxy groups -OCH3 is 1. The number of thioether (sulfide) groups is 1. The summed E-state index contributed by atoms with van der Waals surface area (Å²) in [6, 6.07) is 11.9. The summed E-state index contributed by atoms with van der Waals surface area (Å²) in [5, 5.41) is 0.714. The maximum Gasteiger partial charge on any atom is 0.340 e. The number of carbonyl (C=O) groups is 2. The van der Waals surface area contributed by atoms with Crippen molar-refractivity contribution in [1.82, 2.24) is 0 Å². The lowest BCUT2D eigenvalue weighted by Crippen LogP contribution is -2.44. The third-order valence-electron chi connectivity index (χ3n) is 5.85. The van der Waals surface area contributed by atoms with Gasteiger partial charge in [0.1, 0.15) is 5.00 Å². The number of carbonyl (C=O) groups excluding carboxylic acids is 2. The summed E-state index contributed by atoms with van der Waals surface area (Å²) in [6.45, 7) is 4.33. The highest BCUT2D eigenvalue weighted by atomic mass is 32.2. The number of amides is 1. The monoisotopic (exact) mass is 445 g/mol. The Morgan fingerprint density at radius 2 is 1.87 bits per heavy atom. The van der Waals surface area contributed by atoms with Gasteiger partial charge in [-0.2, -0.15) is 11.8 Å². The van der Waals surface area contributed by atoms with E-state index in [1.54, 1.807) is 11.8 Å². The van der Waals surface area contributed by atoms with Crippen LogP contribution in [0, 0.1) is 11.8 Å². The van der Waals surface area contributed by atoms with E-state index in [-0.39, 0.29) is 17.9 Å². The van der Waals surface area contributed by atoms with Crippen molar-refractivity contribution in [2.75, 3.05) is 24.0 Å². The highest BCUT2D eigenvalue weighted by Gasteiger charge is 2.34. The second-order valence-corrected chi connectivity index (χ2v) is 10.1. The van der Waals surface area contributed by atoms with Crippen LogP contribution in [0.15, 0.2) is 36.4 Å². The molecule has 4 nitrogen and oxygen atoms in total. The highest BCUT2D eigenvalue weighted by Crippen LogP contribution is 2.41. The summed E-state index contributed by atoms with van der Waals surface area (Å²) in [5.74, 6) is 1.28. The van der Waals surface area contributed by atoms with Gasteiger partial charge < -0.3 is 4.74 Å². The van der Waals surface area contributed by atoms with Crippen LogP contribution in [0.5, 0.6) is 0 Å². The Hall–Kier alpha value is -1.79. The number of benzene rings is 1. The quantitative estimate of drug-likeness (QED) is 0.482. The summed E-state index contributed by atoms with van der Waals surface area (Å²) in [7, 11) is 1.39. The first-order valence-electron chi connectivity index (χ1n) is 10.6. The van der Waals surface area contributed by atoms with Crippen molar-refractivity contribution in [2.24, 2.45) is 11.8 Å². The van der Waals surface area contributed by atoms with Crippen LogP contribution in [0.1, 0.15) is 49.9 Å². The second kappa shape index (κ2) is 10.5. The lowest BCUT2D eigenvalue weighted by Gasteiger charge is -2.34. The van der Waals surface area contributed by atoms with E-state index in [4.69, 9.17) is 4.74 Å². The number of thiophene rings is 1. The predicted octanol–water partition coefficient (Wildman–Crippen LogP) is 6.11. The molecule has 0 aliphatic heterocycles. The average Bonchev–Trinajstić information content (AvgIpc) is 3.19. The van der Waals surface area contributed by atoms with E-state index < -0.39 is 5.97 Å². The maximum absolute atomic E-state index is 13.7. The molecule has 1 aliphatic carbocycles. The number of hydrogen-bond acceptors (Lipinski definition) is 5. The van der Waals surface area contributed by atoms with Crippen molar-refractivity contribution >= 4 is 40.0 Å². The topological polar surface area (TPSA) is 46.6 Å². The molecule has 2 aromatic rings. The molecule has 1 fully saturated rings. The summed E-state index contributed by atoms with van der Waals surface area (Å²) in [6.07, 6.45) is 6.07. The summed E-state index contributed by atoms with van der Waals surface area (Å²) >= 11 is 3.22. The molecule has 1 aromatic carbocycles. The molecular formula is C24H31NO3S2. The van der Waals surface area contributed by atoms with Gasteiger partial charge in [0, 0.05) is 22.6 Å². The number of hydrogen-bond donors (Lipinski definition) is 0. The Bertz CT molecular complexity index is 857. The van der Waals surface area contributed by atoms with E-state index in [1.165, 1.54) is 18.4 Å². The van der Waals surface area contributed by atoms with E-state index in [0.717, 1.165) is 41.9 Å². The van der Waals surface area contributed by atoms with Crippen molar-refractivity contribution in [3.8, 4) is 10.4 Å². The van der Waals surface area contributed by atoms with Gasteiger partial charge in [0.2, 0.25) is 5.91 Å². The SMILES string of the molecule is COC(=O)c1cc(-c2ccccc2)sc1N(C(=O)C1CCC(C)CC1)C(C)CSC. The highest BCUT2D eigenvalue weighted by molar-refractivity contribution is 7.98. The van der Waals surface area contributed by atoms with Crippen LogP contribution in [-0.2, 0) is 9.53 Å². The van der Waals surface area contributed by atoms with E-state index in [2.05, 4.69) is 13.8 Å². The molecule has 1 aromatic heterocycles. The normalized spacial score (nSPS) is 19.9. The molecule has 1 heterocycles. The van der Waals surface area contributed by atoms with Gasteiger partial charge in [-0.05, 0) is 56.4 Å². The van der Waals surface area contributed by atoms with Crippen molar-refractivity contribution in [3.05, 3.63) is 42.0 Å². The molecule has 1 atom stereocenters. The third kappa shape index (κ3) is 5.09. The molecule has 3 rings (SSSR count). The number of nitrogens with zero attached hydrogens (tertiary/aromatic N) is 1. The number of rotatable bonds is 7. The van der Waals surface area contributed by atoms with E-state index in [9.17, 15) is 9.59 Å². The predicted molar refractivity (Wildman–Crippen MR) is 128 cm³/mol. The summed E-state index contributed by atoms with van der Waals surface area (Å²) < 4.78 is 5.08. The molecule has 1 aliphatic rings. The molecule has 0 spiro atoms. The minimum atomic E-state index is -0.394. The number of ether oxygens (including phenoxy) is 1. The Labute approximate surface area is 188 Å². The Morgan fingerprint density at radius 1 is 1.20 bits per heavy atom. The molecule has 1 unspecified atom stereocenters. The zero-order valence-corrected chi connectivity index (χ0v) is 19.9. The first-order chi connectivity index (χ1) is 14.5. The zero-order valence-electron chi connectivity index (χ0n) is 18.2. The van der Waals surface area contributed by atoms with Crippen LogP contribution in [-0.4, -0.2) is 37.0 Å². The zero-order chi connectivity index (χ0) is 21.7. The van der Waals surface area contributed by atoms with Crippen molar-refractivity contribution in [1.29, 1.82) is 0 Å².